The molecule has 0 aliphatic heterocycles. The fourth-order valence-electron chi connectivity index (χ4n) is 1.79. The zero-order valence-electron chi connectivity index (χ0n) is 9.48. The first-order chi connectivity index (χ1) is 8.13. The topological polar surface area (TPSA) is 42.7 Å². The SMILES string of the molecule is CNC(c1cncc(Br)c1)c1c(Cl)cnn1C. The number of hydrogen-bond acceptors (Lipinski definition) is 3. The molecule has 0 saturated heterocycles. The molecule has 0 aromatic carbocycles. The van der Waals surface area contributed by atoms with Gasteiger partial charge in [0.05, 0.1) is 23.0 Å². The van der Waals surface area contributed by atoms with Crippen molar-refractivity contribution in [2.45, 2.75) is 6.04 Å². The average molecular weight is 316 g/mol. The van der Waals surface area contributed by atoms with Crippen LogP contribution in [0.15, 0.2) is 29.1 Å². The van der Waals surface area contributed by atoms with Gasteiger partial charge in [0.25, 0.3) is 0 Å². The van der Waals surface area contributed by atoms with Gasteiger partial charge in [-0.25, -0.2) is 0 Å². The van der Waals surface area contributed by atoms with E-state index < -0.39 is 0 Å². The molecule has 0 spiro atoms. The average Bonchev–Trinajstić information content (AvgIpc) is 2.62. The molecule has 6 heteroatoms. The minimum atomic E-state index is -0.0278. The Morgan fingerprint density at radius 2 is 2.18 bits per heavy atom. The second-order valence-corrected chi connectivity index (χ2v) is 4.98. The first-order valence-electron chi connectivity index (χ1n) is 5.08. The lowest BCUT2D eigenvalue weighted by Gasteiger charge is -2.17. The Hall–Kier alpha value is -0.910. The lowest BCUT2D eigenvalue weighted by atomic mass is 10.1. The minimum absolute atomic E-state index is 0.0278. The molecule has 90 valence electrons. The second-order valence-electron chi connectivity index (χ2n) is 3.66. The van der Waals surface area contributed by atoms with Gasteiger partial charge in [0.2, 0.25) is 0 Å². The Kier molecular flexibility index (Phi) is 3.81. The van der Waals surface area contributed by atoms with Crippen LogP contribution < -0.4 is 5.32 Å². The molecule has 0 aliphatic carbocycles. The van der Waals surface area contributed by atoms with Crippen molar-refractivity contribution >= 4 is 27.5 Å². The molecule has 2 aromatic heterocycles. The van der Waals surface area contributed by atoms with Gasteiger partial charge >= 0.3 is 0 Å². The second kappa shape index (κ2) is 5.16. The summed E-state index contributed by atoms with van der Waals surface area (Å²) in [7, 11) is 3.76. The van der Waals surface area contributed by atoms with Gasteiger partial charge in [0, 0.05) is 23.9 Å². The van der Waals surface area contributed by atoms with Gasteiger partial charge in [-0.05, 0) is 34.6 Å². The van der Waals surface area contributed by atoms with Crippen molar-refractivity contribution in [3.05, 3.63) is 45.4 Å². The number of nitrogens with zero attached hydrogens (tertiary/aromatic N) is 3. The molecule has 0 radical (unpaired) electrons. The summed E-state index contributed by atoms with van der Waals surface area (Å²) in [6, 6.07) is 1.98. The maximum Gasteiger partial charge on any atom is 0.0837 e. The molecule has 1 N–H and O–H groups in total. The Morgan fingerprint density at radius 3 is 2.71 bits per heavy atom. The van der Waals surface area contributed by atoms with Crippen molar-refractivity contribution in [2.75, 3.05) is 7.05 Å². The summed E-state index contributed by atoms with van der Waals surface area (Å²) >= 11 is 9.57. The number of aryl methyl sites for hydroxylation is 1. The molecule has 1 unspecified atom stereocenters. The summed E-state index contributed by atoms with van der Waals surface area (Å²) in [4.78, 5) is 4.16. The summed E-state index contributed by atoms with van der Waals surface area (Å²) in [6.07, 6.45) is 5.21. The largest absolute Gasteiger partial charge is 0.308 e. The lowest BCUT2D eigenvalue weighted by molar-refractivity contribution is 0.604. The molecule has 0 aliphatic rings. The van der Waals surface area contributed by atoms with Gasteiger partial charge in [-0.1, -0.05) is 11.6 Å². The highest BCUT2D eigenvalue weighted by atomic mass is 79.9. The van der Waals surface area contributed by atoms with Crippen molar-refractivity contribution in [1.82, 2.24) is 20.1 Å². The third-order valence-corrected chi connectivity index (χ3v) is 3.28. The number of pyridine rings is 1. The summed E-state index contributed by atoms with van der Waals surface area (Å²) in [5, 5.41) is 8.01. The van der Waals surface area contributed by atoms with E-state index in [1.54, 1.807) is 17.1 Å². The van der Waals surface area contributed by atoms with E-state index in [2.05, 4.69) is 31.3 Å². The quantitative estimate of drug-likeness (QED) is 0.946. The molecule has 2 heterocycles. The summed E-state index contributed by atoms with van der Waals surface area (Å²) in [6.45, 7) is 0. The molecule has 1 atom stereocenters. The van der Waals surface area contributed by atoms with Gasteiger partial charge < -0.3 is 5.32 Å². The first kappa shape index (κ1) is 12.5. The maximum atomic E-state index is 6.15. The summed E-state index contributed by atoms with van der Waals surface area (Å²) in [5.74, 6) is 0. The Morgan fingerprint density at radius 1 is 1.41 bits per heavy atom. The van der Waals surface area contributed by atoms with Gasteiger partial charge in [-0.15, -0.1) is 0 Å². The van der Waals surface area contributed by atoms with Crippen LogP contribution in [-0.2, 0) is 7.05 Å². The zero-order chi connectivity index (χ0) is 12.4. The molecular weight excluding hydrogens is 304 g/mol. The molecular formula is C11H12BrClN4. The minimum Gasteiger partial charge on any atom is -0.308 e. The molecule has 2 rings (SSSR count). The predicted octanol–water partition coefficient (Wildman–Crippen LogP) is 2.54. The molecule has 0 bridgehead atoms. The Bertz CT molecular complexity index is 506. The van der Waals surface area contributed by atoms with Crippen LogP contribution in [0, 0.1) is 0 Å². The van der Waals surface area contributed by atoms with Gasteiger partial charge in [0.15, 0.2) is 0 Å². The Balaban J connectivity index is 2.47. The van der Waals surface area contributed by atoms with Crippen molar-refractivity contribution < 1.29 is 0 Å². The molecule has 17 heavy (non-hydrogen) atoms. The monoisotopic (exact) mass is 314 g/mol. The highest BCUT2D eigenvalue weighted by Gasteiger charge is 2.19. The molecule has 0 saturated carbocycles. The summed E-state index contributed by atoms with van der Waals surface area (Å²) < 4.78 is 2.71. The van der Waals surface area contributed by atoms with E-state index in [0.29, 0.717) is 5.02 Å². The van der Waals surface area contributed by atoms with E-state index in [1.165, 1.54) is 0 Å². The van der Waals surface area contributed by atoms with Crippen LogP contribution in [0.4, 0.5) is 0 Å². The van der Waals surface area contributed by atoms with Gasteiger partial charge in [-0.2, -0.15) is 5.10 Å². The normalized spacial score (nSPS) is 12.7. The van der Waals surface area contributed by atoms with Crippen molar-refractivity contribution in [3.8, 4) is 0 Å². The lowest BCUT2D eigenvalue weighted by Crippen LogP contribution is -2.21. The third-order valence-electron chi connectivity index (χ3n) is 2.56. The van der Waals surface area contributed by atoms with Crippen LogP contribution in [0.5, 0.6) is 0 Å². The van der Waals surface area contributed by atoms with Crippen LogP contribution in [0.2, 0.25) is 5.02 Å². The van der Waals surface area contributed by atoms with Gasteiger partial charge in [-0.3, -0.25) is 9.67 Å². The standard InChI is InChI=1S/C11H12BrClN4/c1-14-10(7-3-8(12)5-15-4-7)11-9(13)6-16-17(11)2/h3-6,10,14H,1-2H3. The Labute approximate surface area is 113 Å². The fraction of sp³-hybridized carbons (Fsp3) is 0.273. The van der Waals surface area contributed by atoms with Crippen LogP contribution >= 0.6 is 27.5 Å². The van der Waals surface area contributed by atoms with Crippen LogP contribution in [0.1, 0.15) is 17.3 Å². The number of nitrogens with one attached hydrogen (secondary N) is 1. The van der Waals surface area contributed by atoms with E-state index >= 15 is 0 Å². The first-order valence-corrected chi connectivity index (χ1v) is 6.25. The van der Waals surface area contributed by atoms with Crippen molar-refractivity contribution in [3.63, 3.8) is 0 Å². The van der Waals surface area contributed by atoms with Gasteiger partial charge in [0.1, 0.15) is 0 Å². The van der Waals surface area contributed by atoms with E-state index in [4.69, 9.17) is 11.6 Å². The maximum absolute atomic E-state index is 6.15. The van der Waals surface area contributed by atoms with Crippen molar-refractivity contribution in [2.24, 2.45) is 7.05 Å². The van der Waals surface area contributed by atoms with Crippen molar-refractivity contribution in [1.29, 1.82) is 0 Å². The van der Waals surface area contributed by atoms with Crippen LogP contribution in [0.3, 0.4) is 0 Å². The molecule has 4 nitrogen and oxygen atoms in total. The van der Waals surface area contributed by atoms with Crippen LogP contribution in [-0.4, -0.2) is 21.8 Å². The van der Waals surface area contributed by atoms with E-state index in [0.717, 1.165) is 15.7 Å². The predicted molar refractivity (Wildman–Crippen MR) is 71.1 cm³/mol. The highest BCUT2D eigenvalue weighted by molar-refractivity contribution is 9.10. The summed E-state index contributed by atoms with van der Waals surface area (Å²) in [5.41, 5.74) is 1.96. The smallest absolute Gasteiger partial charge is 0.0837 e. The van der Waals surface area contributed by atoms with E-state index in [9.17, 15) is 0 Å². The number of hydrogen-bond donors (Lipinski definition) is 1. The van der Waals surface area contributed by atoms with Crippen LogP contribution in [0.25, 0.3) is 0 Å². The molecule has 0 fully saturated rings. The number of rotatable bonds is 3. The van der Waals surface area contributed by atoms with E-state index in [-0.39, 0.29) is 6.04 Å². The number of aromatic nitrogens is 3. The number of halogens is 2. The molecule has 0 amide bonds. The zero-order valence-corrected chi connectivity index (χ0v) is 11.8. The molecule has 2 aromatic rings. The fourth-order valence-corrected chi connectivity index (χ4v) is 2.45. The third kappa shape index (κ3) is 2.51. The highest BCUT2D eigenvalue weighted by Crippen LogP contribution is 2.28. The van der Waals surface area contributed by atoms with E-state index in [1.807, 2.05) is 26.4 Å².